The number of rotatable bonds is 9. The van der Waals surface area contributed by atoms with Crippen molar-refractivity contribution in [1.29, 1.82) is 0 Å². The molecule has 172 valence electrons. The minimum Gasteiger partial charge on any atom is -0.483 e. The lowest BCUT2D eigenvalue weighted by Crippen LogP contribution is -2.36. The number of hydrogen-bond donors (Lipinski definition) is 1. The number of ether oxygens (including phenoxy) is 1. The Balaban J connectivity index is 1.42. The van der Waals surface area contributed by atoms with Crippen LogP contribution in [0.3, 0.4) is 0 Å². The minimum absolute atomic E-state index is 0.0290. The van der Waals surface area contributed by atoms with Gasteiger partial charge in [-0.05, 0) is 49.4 Å². The Morgan fingerprint density at radius 3 is 2.91 bits per heavy atom. The van der Waals surface area contributed by atoms with Crippen LogP contribution in [0.2, 0.25) is 0 Å². The maximum Gasteiger partial charge on any atom is 0.233 e. The fraction of sp³-hybridized carbons (Fsp3) is 0.320. The third kappa shape index (κ3) is 5.45. The molecule has 0 radical (unpaired) electrons. The smallest absolute Gasteiger partial charge is 0.233 e. The van der Waals surface area contributed by atoms with E-state index in [1.54, 1.807) is 24.3 Å². The number of carbonyl (C=O) groups excluding carboxylic acids is 1. The Morgan fingerprint density at radius 2 is 2.09 bits per heavy atom. The Labute approximate surface area is 197 Å². The second-order valence-corrected chi connectivity index (χ2v) is 9.24. The second-order valence-electron chi connectivity index (χ2n) is 7.93. The van der Waals surface area contributed by atoms with E-state index in [0.29, 0.717) is 17.5 Å². The van der Waals surface area contributed by atoms with Gasteiger partial charge in [-0.15, -0.1) is 16.8 Å². The van der Waals surface area contributed by atoms with Gasteiger partial charge in [0.25, 0.3) is 0 Å². The van der Waals surface area contributed by atoms with Gasteiger partial charge in [-0.1, -0.05) is 54.2 Å². The summed E-state index contributed by atoms with van der Waals surface area (Å²) in [6.45, 7) is 6.17. The summed E-state index contributed by atoms with van der Waals surface area (Å²) in [5.74, 6) is 0.213. The van der Waals surface area contributed by atoms with E-state index < -0.39 is 5.82 Å². The zero-order valence-corrected chi connectivity index (χ0v) is 19.4. The second kappa shape index (κ2) is 10.7. The molecule has 1 aliphatic rings. The van der Waals surface area contributed by atoms with E-state index in [9.17, 15) is 9.18 Å². The highest BCUT2D eigenvalue weighted by Gasteiger charge is 2.25. The predicted octanol–water partition coefficient (Wildman–Crippen LogP) is 4.86. The number of thioether (sulfide) groups is 1. The number of benzene rings is 2. The molecule has 1 aliphatic carbocycles. The van der Waals surface area contributed by atoms with Gasteiger partial charge in [0.15, 0.2) is 22.5 Å². The molecule has 2 unspecified atom stereocenters. The average molecular weight is 467 g/mol. The summed E-state index contributed by atoms with van der Waals surface area (Å²) in [6, 6.07) is 14.5. The summed E-state index contributed by atoms with van der Waals surface area (Å²) < 4.78 is 21.3. The number of hydrogen-bond acceptors (Lipinski definition) is 5. The molecule has 0 spiro atoms. The van der Waals surface area contributed by atoms with Gasteiger partial charge in [-0.2, -0.15) is 0 Å². The topological polar surface area (TPSA) is 69.0 Å². The van der Waals surface area contributed by atoms with Crippen molar-refractivity contribution >= 4 is 17.7 Å². The lowest BCUT2D eigenvalue weighted by atomic mass is 9.88. The molecule has 1 amide bonds. The van der Waals surface area contributed by atoms with Crippen molar-refractivity contribution < 1.29 is 13.9 Å². The molecule has 3 aromatic rings. The van der Waals surface area contributed by atoms with Crippen molar-refractivity contribution in [3.05, 3.63) is 84.0 Å². The van der Waals surface area contributed by atoms with Gasteiger partial charge in [0.05, 0.1) is 11.3 Å². The van der Waals surface area contributed by atoms with Gasteiger partial charge in [0.2, 0.25) is 5.91 Å². The highest BCUT2D eigenvalue weighted by atomic mass is 32.2. The Morgan fingerprint density at radius 1 is 1.30 bits per heavy atom. The summed E-state index contributed by atoms with van der Waals surface area (Å²) >= 11 is 1.33. The molecule has 6 nitrogen and oxygen atoms in total. The van der Waals surface area contributed by atoms with Crippen molar-refractivity contribution in [2.24, 2.45) is 0 Å². The third-order valence-corrected chi connectivity index (χ3v) is 6.72. The number of amides is 1. The van der Waals surface area contributed by atoms with E-state index in [-0.39, 0.29) is 29.6 Å². The van der Waals surface area contributed by atoms with Gasteiger partial charge >= 0.3 is 0 Å². The first kappa shape index (κ1) is 23.0. The number of nitrogens with zero attached hydrogens (tertiary/aromatic N) is 3. The van der Waals surface area contributed by atoms with Gasteiger partial charge in [0.1, 0.15) is 6.61 Å². The van der Waals surface area contributed by atoms with E-state index in [0.717, 1.165) is 19.3 Å². The van der Waals surface area contributed by atoms with E-state index in [1.807, 2.05) is 23.6 Å². The molecule has 0 aliphatic heterocycles. The molecule has 1 heterocycles. The number of aromatic nitrogens is 3. The standard InChI is InChI=1S/C25H27FN4O2S/c1-3-15-30-23(16-32-22-14-7-6-12-20(22)26)28-29-25(30)33-17(2)24(31)27-21-13-8-10-18-9-4-5-11-19(18)21/h3-7,9,11-12,14,17,21H,1,8,10,13,15-16H2,2H3,(H,27,31). The Hall–Kier alpha value is -3.13. The molecule has 0 bridgehead atoms. The monoisotopic (exact) mass is 466 g/mol. The maximum atomic E-state index is 13.9. The molecule has 2 aromatic carbocycles. The van der Waals surface area contributed by atoms with Crippen LogP contribution in [-0.4, -0.2) is 25.9 Å². The van der Waals surface area contributed by atoms with Crippen LogP contribution in [0.5, 0.6) is 5.75 Å². The Kier molecular flexibility index (Phi) is 7.44. The number of aryl methyl sites for hydroxylation is 1. The normalized spacial score (nSPS) is 16.0. The van der Waals surface area contributed by atoms with Gasteiger partial charge in [-0.25, -0.2) is 4.39 Å². The zero-order valence-electron chi connectivity index (χ0n) is 18.5. The van der Waals surface area contributed by atoms with E-state index in [2.05, 4.69) is 34.2 Å². The molecular weight excluding hydrogens is 439 g/mol. The molecule has 8 heteroatoms. The largest absolute Gasteiger partial charge is 0.483 e. The third-order valence-electron chi connectivity index (χ3n) is 5.64. The van der Waals surface area contributed by atoms with Crippen molar-refractivity contribution in [3.8, 4) is 5.75 Å². The van der Waals surface area contributed by atoms with E-state index >= 15 is 0 Å². The predicted molar refractivity (Wildman–Crippen MR) is 127 cm³/mol. The van der Waals surface area contributed by atoms with E-state index in [1.165, 1.54) is 29.0 Å². The molecule has 1 N–H and O–H groups in total. The van der Waals surface area contributed by atoms with Gasteiger partial charge in [0, 0.05) is 6.54 Å². The highest BCUT2D eigenvalue weighted by Crippen LogP contribution is 2.30. The molecule has 0 fully saturated rings. The quantitative estimate of drug-likeness (QED) is 0.360. The molecule has 1 aromatic heterocycles. The SMILES string of the molecule is C=CCn1c(COc2ccccc2F)nnc1SC(C)C(=O)NC1CCCc2ccccc21. The zero-order chi connectivity index (χ0) is 23.2. The molecule has 2 atom stereocenters. The van der Waals surface area contributed by atoms with Crippen LogP contribution >= 0.6 is 11.8 Å². The first-order chi connectivity index (χ1) is 16.1. The van der Waals surface area contributed by atoms with Crippen LogP contribution in [0.4, 0.5) is 4.39 Å². The fourth-order valence-corrected chi connectivity index (χ4v) is 4.82. The first-order valence-corrected chi connectivity index (χ1v) is 11.9. The maximum absolute atomic E-state index is 13.9. The highest BCUT2D eigenvalue weighted by molar-refractivity contribution is 8.00. The summed E-state index contributed by atoms with van der Waals surface area (Å²) in [6.07, 6.45) is 4.77. The first-order valence-electron chi connectivity index (χ1n) is 11.0. The van der Waals surface area contributed by atoms with Crippen LogP contribution in [0.25, 0.3) is 0 Å². The number of carbonyl (C=O) groups is 1. The van der Waals surface area contributed by atoms with Crippen LogP contribution in [0.15, 0.2) is 66.3 Å². The molecule has 33 heavy (non-hydrogen) atoms. The van der Waals surface area contributed by atoms with E-state index in [4.69, 9.17) is 4.74 Å². The number of halogens is 1. The summed E-state index contributed by atoms with van der Waals surface area (Å²) in [5, 5.41) is 11.9. The molecule has 0 saturated heterocycles. The van der Waals surface area contributed by atoms with Crippen LogP contribution in [0, 0.1) is 5.82 Å². The van der Waals surface area contributed by atoms with Gasteiger partial charge in [-0.3, -0.25) is 9.36 Å². The lowest BCUT2D eigenvalue weighted by Gasteiger charge is -2.27. The fourth-order valence-electron chi connectivity index (χ4n) is 3.93. The summed E-state index contributed by atoms with van der Waals surface area (Å²) in [7, 11) is 0. The van der Waals surface area contributed by atoms with Crippen LogP contribution in [-0.2, 0) is 24.4 Å². The number of para-hydroxylation sites is 1. The van der Waals surface area contributed by atoms with Crippen molar-refractivity contribution in [3.63, 3.8) is 0 Å². The van der Waals surface area contributed by atoms with Gasteiger partial charge < -0.3 is 10.1 Å². The van der Waals surface area contributed by atoms with Crippen LogP contribution in [0.1, 0.15) is 42.8 Å². The number of fused-ring (bicyclic) bond motifs is 1. The van der Waals surface area contributed by atoms with Crippen molar-refractivity contribution in [2.45, 2.75) is 55.8 Å². The minimum atomic E-state index is -0.434. The van der Waals surface area contributed by atoms with Crippen LogP contribution < -0.4 is 10.1 Å². The molecule has 0 saturated carbocycles. The van der Waals surface area contributed by atoms with Crippen molar-refractivity contribution in [2.75, 3.05) is 0 Å². The molecular formula is C25H27FN4O2S. The van der Waals surface area contributed by atoms with Crippen molar-refractivity contribution in [1.82, 2.24) is 20.1 Å². The lowest BCUT2D eigenvalue weighted by molar-refractivity contribution is -0.121. The molecule has 4 rings (SSSR count). The number of nitrogens with one attached hydrogen (secondary N) is 1. The summed E-state index contributed by atoms with van der Waals surface area (Å²) in [5.41, 5.74) is 2.51. The Bertz CT molecular complexity index is 1130. The summed E-state index contributed by atoms with van der Waals surface area (Å²) in [4.78, 5) is 13.0. The number of allylic oxidation sites excluding steroid dienone is 1. The average Bonchev–Trinajstić information content (AvgIpc) is 3.20.